The molecule has 0 saturated heterocycles. The number of aryl methyl sites for hydroxylation is 1. The van der Waals surface area contributed by atoms with Gasteiger partial charge in [-0.05, 0) is 32.4 Å². The quantitative estimate of drug-likeness (QED) is 0.868. The lowest BCUT2D eigenvalue weighted by molar-refractivity contribution is 0.0400. The summed E-state index contributed by atoms with van der Waals surface area (Å²) in [6, 6.07) is 6.30. The van der Waals surface area contributed by atoms with Crippen molar-refractivity contribution in [3.63, 3.8) is 0 Å². The monoisotopic (exact) mass is 235 g/mol. The van der Waals surface area contributed by atoms with Crippen molar-refractivity contribution in [2.24, 2.45) is 5.73 Å². The zero-order valence-corrected chi connectivity index (χ0v) is 10.8. The van der Waals surface area contributed by atoms with Crippen LogP contribution in [-0.2, 0) is 11.2 Å². The van der Waals surface area contributed by atoms with E-state index in [0.717, 1.165) is 12.2 Å². The summed E-state index contributed by atoms with van der Waals surface area (Å²) in [6.07, 6.45) is 1.07. The molecule has 0 spiro atoms. The highest BCUT2D eigenvalue weighted by Crippen LogP contribution is 2.29. The Hall–Kier alpha value is -1.06. The van der Waals surface area contributed by atoms with Gasteiger partial charge >= 0.3 is 0 Å². The second-order valence-electron chi connectivity index (χ2n) is 5.56. The zero-order valence-electron chi connectivity index (χ0n) is 10.8. The summed E-state index contributed by atoms with van der Waals surface area (Å²) in [5.74, 6) is 0.996. The molecule has 94 valence electrons. The Kier molecular flexibility index (Phi) is 3.40. The Morgan fingerprint density at radius 3 is 2.94 bits per heavy atom. The highest BCUT2D eigenvalue weighted by Gasteiger charge is 2.23. The van der Waals surface area contributed by atoms with Crippen molar-refractivity contribution in [1.82, 2.24) is 0 Å². The Balaban J connectivity index is 1.84. The van der Waals surface area contributed by atoms with Crippen LogP contribution in [0.25, 0.3) is 0 Å². The Labute approximate surface area is 103 Å². The van der Waals surface area contributed by atoms with E-state index in [4.69, 9.17) is 15.2 Å². The normalized spacial score (nSPS) is 18.9. The van der Waals surface area contributed by atoms with Gasteiger partial charge in [-0.2, -0.15) is 0 Å². The van der Waals surface area contributed by atoms with Gasteiger partial charge in [0.15, 0.2) is 0 Å². The largest absolute Gasteiger partial charge is 0.487 e. The molecule has 0 aromatic heterocycles. The number of ether oxygens (including phenoxy) is 2. The number of fused-ring (bicyclic) bond motifs is 1. The molecule has 3 heteroatoms. The van der Waals surface area contributed by atoms with Crippen LogP contribution in [0.5, 0.6) is 5.75 Å². The zero-order chi connectivity index (χ0) is 12.5. The van der Waals surface area contributed by atoms with Crippen molar-refractivity contribution in [2.75, 3.05) is 13.2 Å². The molecule has 2 rings (SSSR count). The molecular formula is C14H21NO2. The second-order valence-corrected chi connectivity index (χ2v) is 5.56. The first-order chi connectivity index (χ1) is 7.94. The third kappa shape index (κ3) is 3.45. The molecule has 1 unspecified atom stereocenters. The van der Waals surface area contributed by atoms with Gasteiger partial charge in [-0.3, -0.25) is 0 Å². The van der Waals surface area contributed by atoms with E-state index in [0.29, 0.717) is 13.2 Å². The lowest BCUT2D eigenvalue weighted by Crippen LogP contribution is -2.38. The highest BCUT2D eigenvalue weighted by atomic mass is 16.5. The van der Waals surface area contributed by atoms with E-state index in [1.54, 1.807) is 0 Å². The van der Waals surface area contributed by atoms with E-state index >= 15 is 0 Å². The molecule has 1 aliphatic heterocycles. The van der Waals surface area contributed by atoms with E-state index in [9.17, 15) is 0 Å². The van der Waals surface area contributed by atoms with Gasteiger partial charge in [0.1, 0.15) is 11.9 Å². The van der Waals surface area contributed by atoms with Crippen molar-refractivity contribution >= 4 is 0 Å². The number of nitrogens with two attached hydrogens (primary N) is 1. The van der Waals surface area contributed by atoms with Crippen molar-refractivity contribution in [3.05, 3.63) is 29.3 Å². The van der Waals surface area contributed by atoms with Crippen LogP contribution in [-0.4, -0.2) is 24.9 Å². The van der Waals surface area contributed by atoms with E-state index in [1.165, 1.54) is 11.1 Å². The molecule has 17 heavy (non-hydrogen) atoms. The molecule has 0 saturated carbocycles. The van der Waals surface area contributed by atoms with Crippen LogP contribution in [0.1, 0.15) is 25.0 Å². The fourth-order valence-corrected chi connectivity index (χ4v) is 2.00. The second kappa shape index (κ2) is 4.67. The van der Waals surface area contributed by atoms with Crippen LogP contribution in [0.4, 0.5) is 0 Å². The Morgan fingerprint density at radius 1 is 1.47 bits per heavy atom. The van der Waals surface area contributed by atoms with Crippen LogP contribution in [0, 0.1) is 6.92 Å². The van der Waals surface area contributed by atoms with Gasteiger partial charge in [-0.15, -0.1) is 0 Å². The van der Waals surface area contributed by atoms with Crippen molar-refractivity contribution in [2.45, 2.75) is 38.8 Å². The molecule has 1 aliphatic rings. The van der Waals surface area contributed by atoms with Gasteiger partial charge in [0.05, 0.1) is 13.2 Å². The fourth-order valence-electron chi connectivity index (χ4n) is 2.00. The predicted octanol–water partition coefficient (Wildman–Crippen LogP) is 2.05. The maximum absolute atomic E-state index is 5.86. The van der Waals surface area contributed by atoms with Crippen molar-refractivity contribution in [1.29, 1.82) is 0 Å². The van der Waals surface area contributed by atoms with E-state index in [1.807, 2.05) is 19.9 Å². The maximum Gasteiger partial charge on any atom is 0.126 e. The van der Waals surface area contributed by atoms with Crippen molar-refractivity contribution in [3.8, 4) is 5.75 Å². The minimum atomic E-state index is -0.276. The van der Waals surface area contributed by atoms with Crippen LogP contribution >= 0.6 is 0 Å². The number of hydrogen-bond acceptors (Lipinski definition) is 3. The summed E-state index contributed by atoms with van der Waals surface area (Å²) in [7, 11) is 0. The molecule has 1 heterocycles. The summed E-state index contributed by atoms with van der Waals surface area (Å²) in [6.45, 7) is 7.18. The fraction of sp³-hybridized carbons (Fsp3) is 0.571. The van der Waals surface area contributed by atoms with Crippen LogP contribution < -0.4 is 10.5 Å². The van der Waals surface area contributed by atoms with Gasteiger partial charge in [-0.1, -0.05) is 17.7 Å². The summed E-state index contributed by atoms with van der Waals surface area (Å²) in [5.41, 5.74) is 8.14. The predicted molar refractivity (Wildman–Crippen MR) is 68.4 cm³/mol. The standard InChI is InChI=1S/C14H21NO2/c1-10-4-5-13-11(6-10)7-12(17-13)8-16-9-14(2,3)15/h4-6,12H,7-9,15H2,1-3H3. The summed E-state index contributed by atoms with van der Waals surface area (Å²) < 4.78 is 11.4. The molecule has 3 nitrogen and oxygen atoms in total. The summed E-state index contributed by atoms with van der Waals surface area (Å²) >= 11 is 0. The van der Waals surface area contributed by atoms with Crippen molar-refractivity contribution < 1.29 is 9.47 Å². The van der Waals surface area contributed by atoms with Gasteiger partial charge < -0.3 is 15.2 Å². The molecule has 0 fully saturated rings. The maximum atomic E-state index is 5.86. The van der Waals surface area contributed by atoms with E-state index in [2.05, 4.69) is 19.1 Å². The van der Waals surface area contributed by atoms with E-state index in [-0.39, 0.29) is 11.6 Å². The summed E-state index contributed by atoms with van der Waals surface area (Å²) in [4.78, 5) is 0. The lowest BCUT2D eigenvalue weighted by Gasteiger charge is -2.19. The third-order valence-corrected chi connectivity index (χ3v) is 2.74. The smallest absolute Gasteiger partial charge is 0.126 e. The molecular weight excluding hydrogens is 214 g/mol. The van der Waals surface area contributed by atoms with Gasteiger partial charge in [0, 0.05) is 12.0 Å². The minimum Gasteiger partial charge on any atom is -0.487 e. The first-order valence-electron chi connectivity index (χ1n) is 6.07. The van der Waals surface area contributed by atoms with Gasteiger partial charge in [-0.25, -0.2) is 0 Å². The van der Waals surface area contributed by atoms with Crippen LogP contribution in [0.3, 0.4) is 0 Å². The molecule has 1 aromatic rings. The number of benzene rings is 1. The molecule has 2 N–H and O–H groups in total. The van der Waals surface area contributed by atoms with Crippen LogP contribution in [0.2, 0.25) is 0 Å². The number of rotatable bonds is 4. The van der Waals surface area contributed by atoms with E-state index < -0.39 is 0 Å². The molecule has 0 radical (unpaired) electrons. The Bertz CT molecular complexity index is 396. The van der Waals surface area contributed by atoms with Gasteiger partial charge in [0.2, 0.25) is 0 Å². The molecule has 0 aliphatic carbocycles. The summed E-state index contributed by atoms with van der Waals surface area (Å²) in [5, 5.41) is 0. The third-order valence-electron chi connectivity index (χ3n) is 2.74. The molecule has 0 bridgehead atoms. The molecule has 1 atom stereocenters. The topological polar surface area (TPSA) is 44.5 Å². The molecule has 0 amide bonds. The lowest BCUT2D eigenvalue weighted by atomic mass is 10.1. The first kappa shape index (κ1) is 12.4. The average Bonchev–Trinajstić information content (AvgIpc) is 2.57. The molecule has 1 aromatic carbocycles. The van der Waals surface area contributed by atoms with Gasteiger partial charge in [0.25, 0.3) is 0 Å². The number of hydrogen-bond donors (Lipinski definition) is 1. The average molecular weight is 235 g/mol. The first-order valence-corrected chi connectivity index (χ1v) is 6.07. The van der Waals surface area contributed by atoms with Crippen LogP contribution in [0.15, 0.2) is 18.2 Å². The Morgan fingerprint density at radius 2 is 2.24 bits per heavy atom. The highest BCUT2D eigenvalue weighted by molar-refractivity contribution is 5.40. The SMILES string of the molecule is Cc1ccc2c(c1)CC(COCC(C)(C)N)O2. The minimum absolute atomic E-state index is 0.133.